The molecule has 2 aromatic heterocycles. The number of hydrogen-bond donors (Lipinski definition) is 2. The predicted molar refractivity (Wildman–Crippen MR) is 119 cm³/mol. The number of carbonyl (C=O) groups excluding carboxylic acids is 2. The lowest BCUT2D eigenvalue weighted by Crippen LogP contribution is -2.41. The van der Waals surface area contributed by atoms with Gasteiger partial charge in [-0.15, -0.1) is 0 Å². The first-order valence-electron chi connectivity index (χ1n) is 9.70. The van der Waals surface area contributed by atoms with Gasteiger partial charge in [-0.25, -0.2) is 9.78 Å². The minimum absolute atomic E-state index is 0.118. The summed E-state index contributed by atoms with van der Waals surface area (Å²) >= 11 is 1.11. The highest BCUT2D eigenvalue weighted by Gasteiger charge is 2.25. The van der Waals surface area contributed by atoms with Crippen molar-refractivity contribution < 1.29 is 9.59 Å². The number of thioether (sulfide) groups is 1. The van der Waals surface area contributed by atoms with Gasteiger partial charge in [-0.1, -0.05) is 30.0 Å². The lowest BCUT2D eigenvalue weighted by molar-refractivity contribution is 0.0951. The molecule has 3 aromatic rings. The minimum atomic E-state index is -0.734. The number of anilines is 1. The Kier molecular flexibility index (Phi) is 5.40. The summed E-state index contributed by atoms with van der Waals surface area (Å²) < 4.78 is 1.91. The largest absolute Gasteiger partial charge is 0.384 e. The van der Waals surface area contributed by atoms with Gasteiger partial charge in [0.1, 0.15) is 11.4 Å². The molecule has 0 unspecified atom stereocenters. The second-order valence-corrected chi connectivity index (χ2v) is 8.45. The molecule has 0 aliphatic heterocycles. The first-order chi connectivity index (χ1) is 14.8. The predicted octanol–water partition coefficient (Wildman–Crippen LogP) is 1.08. The van der Waals surface area contributed by atoms with E-state index in [-0.39, 0.29) is 29.1 Å². The molecule has 0 bridgehead atoms. The molecule has 0 spiro atoms. The van der Waals surface area contributed by atoms with Crippen molar-refractivity contribution in [2.75, 3.05) is 11.5 Å². The lowest BCUT2D eigenvalue weighted by atomic mass is 10.1. The van der Waals surface area contributed by atoms with Crippen LogP contribution in [0.15, 0.2) is 44.9 Å². The van der Waals surface area contributed by atoms with E-state index in [0.717, 1.165) is 39.1 Å². The Hall–Kier alpha value is -3.40. The lowest BCUT2D eigenvalue weighted by Gasteiger charge is -2.11. The van der Waals surface area contributed by atoms with E-state index in [0.29, 0.717) is 16.1 Å². The summed E-state index contributed by atoms with van der Waals surface area (Å²) in [6, 6.07) is 9.16. The molecule has 1 amide bonds. The highest BCUT2D eigenvalue weighted by molar-refractivity contribution is 7.99. The van der Waals surface area contributed by atoms with Gasteiger partial charge in [-0.3, -0.25) is 23.5 Å². The van der Waals surface area contributed by atoms with Gasteiger partial charge in [0.15, 0.2) is 5.78 Å². The van der Waals surface area contributed by atoms with Gasteiger partial charge in [0.05, 0.1) is 21.9 Å². The molecule has 1 aromatic carbocycles. The van der Waals surface area contributed by atoms with Gasteiger partial charge in [0.25, 0.3) is 11.5 Å². The Bertz CT molecular complexity index is 1340. The zero-order valence-corrected chi connectivity index (χ0v) is 17.9. The molecule has 0 saturated heterocycles. The van der Waals surface area contributed by atoms with Crippen LogP contribution in [0, 0.1) is 0 Å². The Morgan fingerprint density at radius 1 is 1.19 bits per heavy atom. The van der Waals surface area contributed by atoms with Crippen LogP contribution < -0.4 is 22.3 Å². The molecular formula is C21H21N5O4S. The fraction of sp³-hybridized carbons (Fsp3) is 0.286. The molecule has 31 heavy (non-hydrogen) atoms. The third-order valence-corrected chi connectivity index (χ3v) is 6.10. The van der Waals surface area contributed by atoms with Crippen molar-refractivity contribution in [1.82, 2.24) is 19.4 Å². The number of carbonyl (C=O) groups is 2. The molecule has 0 radical (unpaired) electrons. The van der Waals surface area contributed by atoms with E-state index in [1.807, 2.05) is 18.2 Å². The van der Waals surface area contributed by atoms with Gasteiger partial charge >= 0.3 is 5.69 Å². The molecule has 1 aliphatic carbocycles. The van der Waals surface area contributed by atoms with Crippen molar-refractivity contribution in [3.05, 3.63) is 62.3 Å². The molecule has 1 aliphatic rings. The summed E-state index contributed by atoms with van der Waals surface area (Å²) in [5.41, 5.74) is 5.42. The molecule has 1 fully saturated rings. The number of nitrogen functional groups attached to an aromatic ring is 1. The number of hydrogen-bond acceptors (Lipinski definition) is 7. The van der Waals surface area contributed by atoms with Crippen LogP contribution in [0.25, 0.3) is 10.9 Å². The number of nitrogens with two attached hydrogens (primary N) is 1. The Labute approximate surface area is 181 Å². The van der Waals surface area contributed by atoms with Crippen molar-refractivity contribution in [3.63, 3.8) is 0 Å². The van der Waals surface area contributed by atoms with Crippen LogP contribution in [-0.2, 0) is 14.1 Å². The second kappa shape index (κ2) is 8.03. The number of nitrogens with one attached hydrogen (secondary N) is 1. The van der Waals surface area contributed by atoms with Crippen LogP contribution in [0.2, 0.25) is 0 Å². The number of aromatic nitrogens is 3. The number of fused-ring (bicyclic) bond motifs is 1. The zero-order chi connectivity index (χ0) is 22.3. The van der Waals surface area contributed by atoms with Crippen LogP contribution in [0.4, 0.5) is 5.82 Å². The van der Waals surface area contributed by atoms with Crippen molar-refractivity contribution in [3.8, 4) is 0 Å². The average molecular weight is 439 g/mol. The highest BCUT2D eigenvalue weighted by Crippen LogP contribution is 2.26. The summed E-state index contributed by atoms with van der Waals surface area (Å²) in [4.78, 5) is 54.4. The SMILES string of the molecule is Cn1c(N)c(C(=O)CSc2cc(C(=O)NC3CC3)c3ccccc3n2)c(=O)n(C)c1=O. The summed E-state index contributed by atoms with van der Waals surface area (Å²) in [6.45, 7) is 0. The van der Waals surface area contributed by atoms with Gasteiger partial charge in [-0.05, 0) is 25.0 Å². The van der Waals surface area contributed by atoms with Gasteiger partial charge in [0, 0.05) is 25.5 Å². The van der Waals surface area contributed by atoms with Gasteiger partial charge in [-0.2, -0.15) is 0 Å². The molecule has 4 rings (SSSR count). The first-order valence-corrected chi connectivity index (χ1v) is 10.7. The number of pyridine rings is 1. The second-order valence-electron chi connectivity index (χ2n) is 7.45. The maximum absolute atomic E-state index is 12.8. The molecular weight excluding hydrogens is 418 g/mol. The average Bonchev–Trinajstić information content (AvgIpc) is 3.58. The van der Waals surface area contributed by atoms with Crippen molar-refractivity contribution in [2.45, 2.75) is 23.9 Å². The normalized spacial score (nSPS) is 13.4. The Morgan fingerprint density at radius 2 is 1.90 bits per heavy atom. The number of ketones is 1. The number of para-hydroxylation sites is 1. The van der Waals surface area contributed by atoms with E-state index in [1.165, 1.54) is 14.1 Å². The fourth-order valence-electron chi connectivity index (χ4n) is 3.24. The van der Waals surface area contributed by atoms with Gasteiger partial charge in [0.2, 0.25) is 0 Å². The molecule has 10 heteroatoms. The van der Waals surface area contributed by atoms with Crippen molar-refractivity contribution in [1.29, 1.82) is 0 Å². The maximum atomic E-state index is 12.8. The smallest absolute Gasteiger partial charge is 0.332 e. The van der Waals surface area contributed by atoms with E-state index >= 15 is 0 Å². The summed E-state index contributed by atoms with van der Waals surface area (Å²) in [5, 5.41) is 4.19. The standard InChI is InChI=1S/C21H21N5O4S/c1-25-18(22)17(20(29)26(2)21(25)30)15(27)10-31-16-9-13(19(28)23-11-7-8-11)12-5-3-4-6-14(12)24-16/h3-6,9,11H,7-8,10,22H2,1-2H3,(H,23,28). The number of rotatable bonds is 6. The van der Waals surface area contributed by atoms with E-state index < -0.39 is 17.0 Å². The highest BCUT2D eigenvalue weighted by atomic mass is 32.2. The number of nitrogens with zero attached hydrogens (tertiary/aromatic N) is 3. The summed E-state index contributed by atoms with van der Waals surface area (Å²) in [6.07, 6.45) is 1.95. The van der Waals surface area contributed by atoms with Crippen molar-refractivity contribution in [2.24, 2.45) is 14.1 Å². The first kappa shape index (κ1) is 20.9. The van der Waals surface area contributed by atoms with E-state index in [4.69, 9.17) is 5.73 Å². The number of Topliss-reactive ketones (excluding diaryl/α,β-unsaturated/α-hetero) is 1. The van der Waals surface area contributed by atoms with E-state index in [2.05, 4.69) is 10.3 Å². The summed E-state index contributed by atoms with van der Waals surface area (Å²) in [5.74, 6) is -0.982. The van der Waals surface area contributed by atoms with E-state index in [1.54, 1.807) is 12.1 Å². The minimum Gasteiger partial charge on any atom is -0.384 e. The zero-order valence-electron chi connectivity index (χ0n) is 17.0. The number of benzene rings is 1. The van der Waals surface area contributed by atoms with Gasteiger partial charge < -0.3 is 11.1 Å². The molecule has 160 valence electrons. The molecule has 0 atom stereocenters. The monoisotopic (exact) mass is 439 g/mol. The number of amides is 1. The van der Waals surface area contributed by atoms with Crippen molar-refractivity contribution >= 4 is 40.2 Å². The molecule has 9 nitrogen and oxygen atoms in total. The third kappa shape index (κ3) is 3.98. The van der Waals surface area contributed by atoms with Crippen LogP contribution in [-0.4, -0.2) is 37.6 Å². The molecule has 3 N–H and O–H groups in total. The fourth-order valence-corrected chi connectivity index (χ4v) is 4.02. The maximum Gasteiger partial charge on any atom is 0.332 e. The molecule has 1 saturated carbocycles. The molecule has 2 heterocycles. The quantitative estimate of drug-likeness (QED) is 0.434. The Morgan fingerprint density at radius 3 is 2.61 bits per heavy atom. The third-order valence-electron chi connectivity index (χ3n) is 5.19. The van der Waals surface area contributed by atoms with Crippen LogP contribution in [0.3, 0.4) is 0 Å². The van der Waals surface area contributed by atoms with E-state index in [9.17, 15) is 19.2 Å². The Balaban J connectivity index is 1.64. The summed E-state index contributed by atoms with van der Waals surface area (Å²) in [7, 11) is 2.69. The van der Waals surface area contributed by atoms with Crippen LogP contribution in [0.5, 0.6) is 0 Å². The topological polar surface area (TPSA) is 129 Å². The van der Waals surface area contributed by atoms with Crippen LogP contribution in [0.1, 0.15) is 33.6 Å². The van der Waals surface area contributed by atoms with Crippen LogP contribution >= 0.6 is 11.8 Å².